The van der Waals surface area contributed by atoms with E-state index in [0.717, 1.165) is 17.1 Å². The highest BCUT2D eigenvalue weighted by atomic mass is 16.7. The van der Waals surface area contributed by atoms with E-state index in [1.54, 1.807) is 18.1 Å². The first-order valence-electron chi connectivity index (χ1n) is 7.78. The number of amides is 2. The summed E-state index contributed by atoms with van der Waals surface area (Å²) in [6, 6.07) is 7.94. The van der Waals surface area contributed by atoms with Crippen molar-refractivity contribution in [2.75, 3.05) is 20.7 Å². The molecule has 2 amide bonds. The second-order valence-corrected chi connectivity index (χ2v) is 5.71. The van der Waals surface area contributed by atoms with Crippen LogP contribution in [0, 0.1) is 18.8 Å². The van der Waals surface area contributed by atoms with Gasteiger partial charge in [0.1, 0.15) is 11.5 Å². The van der Waals surface area contributed by atoms with E-state index in [2.05, 4.69) is 40.4 Å². The second-order valence-electron chi connectivity index (χ2n) is 5.71. The van der Waals surface area contributed by atoms with Gasteiger partial charge in [0.2, 0.25) is 0 Å². The predicted molar refractivity (Wildman–Crippen MR) is 90.0 cm³/mol. The number of carbonyl (C=O) groups excluding carboxylic acids is 1. The van der Waals surface area contributed by atoms with Gasteiger partial charge in [-0.15, -0.1) is 0 Å². The number of nitrogens with zero attached hydrogens (tertiary/aromatic N) is 4. The first-order valence-corrected chi connectivity index (χ1v) is 7.78. The summed E-state index contributed by atoms with van der Waals surface area (Å²) in [5.41, 5.74) is 3.05. The van der Waals surface area contributed by atoms with Gasteiger partial charge in [-0.25, -0.2) is 14.8 Å². The van der Waals surface area contributed by atoms with Crippen LogP contribution in [0.4, 0.5) is 4.79 Å². The van der Waals surface area contributed by atoms with Crippen molar-refractivity contribution in [3.63, 3.8) is 0 Å². The van der Waals surface area contributed by atoms with Crippen LogP contribution in [-0.4, -0.2) is 46.2 Å². The summed E-state index contributed by atoms with van der Waals surface area (Å²) < 4.78 is 2.07. The standard InChI is InChI=1S/C18H20N4O2/c1-14-5-4-6-15(11-14)7-8-16-12-19-17-13-21(9-10-22(16)17)18(23)20(2)24-3/h4-6,11-12H,9-10,13H2,1-3H3. The van der Waals surface area contributed by atoms with Crippen molar-refractivity contribution in [2.24, 2.45) is 0 Å². The highest BCUT2D eigenvalue weighted by Gasteiger charge is 2.25. The minimum absolute atomic E-state index is 0.167. The number of hydroxylamine groups is 2. The maximum atomic E-state index is 12.2. The first kappa shape index (κ1) is 16.1. The predicted octanol–water partition coefficient (Wildman–Crippen LogP) is 2.02. The Morgan fingerprint density at radius 1 is 1.33 bits per heavy atom. The van der Waals surface area contributed by atoms with E-state index in [9.17, 15) is 4.79 Å². The lowest BCUT2D eigenvalue weighted by molar-refractivity contribution is -0.0777. The maximum Gasteiger partial charge on any atom is 0.344 e. The summed E-state index contributed by atoms with van der Waals surface area (Å²) in [6.45, 7) is 3.79. The molecule has 24 heavy (non-hydrogen) atoms. The summed E-state index contributed by atoms with van der Waals surface area (Å²) in [5.74, 6) is 7.21. The molecule has 3 rings (SSSR count). The fraction of sp³-hybridized carbons (Fsp3) is 0.333. The number of urea groups is 1. The number of benzene rings is 1. The minimum Gasteiger partial charge on any atom is -0.318 e. The van der Waals surface area contributed by atoms with Gasteiger partial charge >= 0.3 is 6.03 Å². The average molecular weight is 324 g/mol. The molecule has 0 saturated heterocycles. The van der Waals surface area contributed by atoms with Gasteiger partial charge in [0.25, 0.3) is 0 Å². The van der Waals surface area contributed by atoms with Crippen molar-refractivity contribution in [1.82, 2.24) is 19.5 Å². The van der Waals surface area contributed by atoms with Crippen LogP contribution in [0.2, 0.25) is 0 Å². The normalized spacial score (nSPS) is 13.0. The molecule has 6 heteroatoms. The SMILES string of the molecule is CON(C)C(=O)N1CCn2c(C#Cc3cccc(C)c3)cnc2C1. The molecule has 1 aromatic heterocycles. The Kier molecular flexibility index (Phi) is 4.54. The van der Waals surface area contributed by atoms with Crippen molar-refractivity contribution < 1.29 is 9.63 Å². The molecule has 6 nitrogen and oxygen atoms in total. The number of hydrogen-bond acceptors (Lipinski definition) is 3. The van der Waals surface area contributed by atoms with Gasteiger partial charge in [0, 0.05) is 25.7 Å². The zero-order valence-corrected chi connectivity index (χ0v) is 14.1. The van der Waals surface area contributed by atoms with Crippen molar-refractivity contribution in [1.29, 1.82) is 0 Å². The molecule has 1 aromatic carbocycles. The van der Waals surface area contributed by atoms with Crippen molar-refractivity contribution in [2.45, 2.75) is 20.0 Å². The summed E-state index contributed by atoms with van der Waals surface area (Å²) in [7, 11) is 3.07. The number of aryl methyl sites for hydroxylation is 1. The van der Waals surface area contributed by atoms with Crippen LogP contribution in [0.15, 0.2) is 30.5 Å². The van der Waals surface area contributed by atoms with Crippen LogP contribution in [-0.2, 0) is 17.9 Å². The van der Waals surface area contributed by atoms with Crippen LogP contribution in [0.25, 0.3) is 0 Å². The quantitative estimate of drug-likeness (QED) is 0.596. The van der Waals surface area contributed by atoms with Gasteiger partial charge in [-0.2, -0.15) is 0 Å². The molecule has 0 radical (unpaired) electrons. The van der Waals surface area contributed by atoms with E-state index in [0.29, 0.717) is 19.6 Å². The zero-order chi connectivity index (χ0) is 17.1. The molecule has 2 aromatic rings. The number of fused-ring (bicyclic) bond motifs is 1. The van der Waals surface area contributed by atoms with Crippen molar-refractivity contribution in [3.05, 3.63) is 53.1 Å². The molecule has 0 spiro atoms. The maximum absolute atomic E-state index is 12.2. The highest BCUT2D eigenvalue weighted by Crippen LogP contribution is 2.15. The molecule has 1 aliphatic heterocycles. The largest absolute Gasteiger partial charge is 0.344 e. The van der Waals surface area contributed by atoms with Gasteiger partial charge in [-0.1, -0.05) is 18.1 Å². The Balaban J connectivity index is 1.78. The van der Waals surface area contributed by atoms with Gasteiger partial charge in [-0.3, -0.25) is 4.84 Å². The molecule has 0 fully saturated rings. The van der Waals surface area contributed by atoms with Crippen molar-refractivity contribution in [3.8, 4) is 11.8 Å². The third kappa shape index (κ3) is 3.26. The number of hydrogen-bond donors (Lipinski definition) is 0. The Labute approximate surface area is 141 Å². The van der Waals surface area contributed by atoms with Crippen LogP contribution in [0.3, 0.4) is 0 Å². The van der Waals surface area contributed by atoms with E-state index in [-0.39, 0.29) is 6.03 Å². The number of aromatic nitrogens is 2. The molecule has 0 N–H and O–H groups in total. The second kappa shape index (κ2) is 6.77. The molecule has 0 saturated carbocycles. The third-order valence-corrected chi connectivity index (χ3v) is 4.03. The monoisotopic (exact) mass is 324 g/mol. The number of imidazole rings is 1. The fourth-order valence-corrected chi connectivity index (χ4v) is 2.66. The smallest absolute Gasteiger partial charge is 0.318 e. The Hall–Kier alpha value is -2.78. The zero-order valence-electron chi connectivity index (χ0n) is 14.1. The summed E-state index contributed by atoms with van der Waals surface area (Å²) in [6.07, 6.45) is 1.77. The summed E-state index contributed by atoms with van der Waals surface area (Å²) >= 11 is 0. The third-order valence-electron chi connectivity index (χ3n) is 4.03. The van der Waals surface area contributed by atoms with Crippen LogP contribution in [0.5, 0.6) is 0 Å². The van der Waals surface area contributed by atoms with Gasteiger partial charge < -0.3 is 9.47 Å². The number of rotatable bonds is 1. The fourth-order valence-electron chi connectivity index (χ4n) is 2.66. The van der Waals surface area contributed by atoms with Gasteiger partial charge in [-0.05, 0) is 30.5 Å². The Bertz CT molecular complexity index is 816. The average Bonchev–Trinajstić information content (AvgIpc) is 3.01. The molecule has 2 heterocycles. The molecule has 0 atom stereocenters. The Morgan fingerprint density at radius 3 is 2.92 bits per heavy atom. The first-order chi connectivity index (χ1) is 11.6. The lowest BCUT2D eigenvalue weighted by Crippen LogP contribution is -2.44. The van der Waals surface area contributed by atoms with Crippen LogP contribution < -0.4 is 0 Å². The molecular formula is C18H20N4O2. The van der Waals surface area contributed by atoms with Crippen LogP contribution >= 0.6 is 0 Å². The lowest BCUT2D eigenvalue weighted by Gasteiger charge is -2.30. The van der Waals surface area contributed by atoms with E-state index >= 15 is 0 Å². The van der Waals surface area contributed by atoms with Crippen molar-refractivity contribution >= 4 is 6.03 Å². The lowest BCUT2D eigenvalue weighted by atomic mass is 10.1. The van der Waals surface area contributed by atoms with E-state index < -0.39 is 0 Å². The Morgan fingerprint density at radius 2 is 2.17 bits per heavy atom. The molecule has 0 bridgehead atoms. The summed E-state index contributed by atoms with van der Waals surface area (Å²) in [5, 5.41) is 1.22. The molecule has 0 unspecified atom stereocenters. The van der Waals surface area contributed by atoms with E-state index in [1.165, 1.54) is 17.7 Å². The number of carbonyl (C=O) groups is 1. The molecular weight excluding hydrogens is 304 g/mol. The molecule has 1 aliphatic rings. The van der Waals surface area contributed by atoms with E-state index in [4.69, 9.17) is 4.84 Å². The highest BCUT2D eigenvalue weighted by molar-refractivity contribution is 5.73. The minimum atomic E-state index is -0.167. The van der Waals surface area contributed by atoms with Gasteiger partial charge in [0.15, 0.2) is 0 Å². The topological polar surface area (TPSA) is 50.6 Å². The summed E-state index contributed by atoms with van der Waals surface area (Å²) in [4.78, 5) is 23.2. The van der Waals surface area contributed by atoms with Crippen LogP contribution in [0.1, 0.15) is 22.6 Å². The van der Waals surface area contributed by atoms with Gasteiger partial charge in [0.05, 0.1) is 19.9 Å². The van der Waals surface area contributed by atoms with E-state index in [1.807, 2.05) is 12.1 Å². The molecule has 124 valence electrons. The molecule has 0 aliphatic carbocycles.